The van der Waals surface area contributed by atoms with Crippen LogP contribution in [0.4, 0.5) is 10.1 Å². The Morgan fingerprint density at radius 2 is 1.79 bits per heavy atom. The second kappa shape index (κ2) is 8.18. The van der Waals surface area contributed by atoms with Gasteiger partial charge in [0.25, 0.3) is 0 Å². The first-order chi connectivity index (χ1) is 18.0. The molecule has 38 heavy (non-hydrogen) atoms. The van der Waals surface area contributed by atoms with E-state index in [2.05, 4.69) is 0 Å². The third kappa shape index (κ3) is 3.10. The maximum atomic E-state index is 14.2. The number of aromatic nitrogens is 3. The van der Waals surface area contributed by atoms with Crippen molar-refractivity contribution in [2.24, 2.45) is 18.4 Å². The predicted octanol–water partition coefficient (Wildman–Crippen LogP) is 3.36. The van der Waals surface area contributed by atoms with Gasteiger partial charge in [0.05, 0.1) is 34.6 Å². The van der Waals surface area contributed by atoms with Crippen molar-refractivity contribution in [2.45, 2.75) is 31.8 Å². The van der Waals surface area contributed by atoms with E-state index in [4.69, 9.17) is 23.2 Å². The van der Waals surface area contributed by atoms with Crippen LogP contribution in [0.15, 0.2) is 57.6 Å². The van der Waals surface area contributed by atoms with Crippen LogP contribution in [0, 0.1) is 17.2 Å². The van der Waals surface area contributed by atoms with Gasteiger partial charge in [-0.1, -0.05) is 29.3 Å². The Morgan fingerprint density at radius 1 is 1.05 bits per heavy atom. The highest BCUT2D eigenvalue weighted by Gasteiger charge is 2.65. The third-order valence-corrected chi connectivity index (χ3v) is 8.72. The van der Waals surface area contributed by atoms with Crippen LogP contribution in [-0.4, -0.2) is 30.9 Å². The standard InChI is InChI=1S/C26H21Cl2FN4O5/c1-26-16(22(35)32(23(26)36)13-4-5-18(29)17(28)10-13)11-19-14(21(26)15-9-12(27)3-6-20(15)34)7-8-31-24(37)30(2)25(38)33(19)31/h3-7,9-10,16,19,21,34H,8,11H2,1-2H3/t16-,19+,21+,26+/m0/s1. The number of aromatic hydroxyl groups is 1. The molecule has 12 heteroatoms. The summed E-state index contributed by atoms with van der Waals surface area (Å²) < 4.78 is 17.5. The first-order valence-corrected chi connectivity index (χ1v) is 12.6. The van der Waals surface area contributed by atoms with Crippen molar-refractivity contribution in [3.8, 4) is 5.75 Å². The first kappa shape index (κ1) is 24.7. The Hall–Kier alpha value is -3.63. The van der Waals surface area contributed by atoms with Gasteiger partial charge in [0.15, 0.2) is 0 Å². The molecule has 1 saturated carbocycles. The zero-order chi connectivity index (χ0) is 27.3. The van der Waals surface area contributed by atoms with Crippen LogP contribution < -0.4 is 16.3 Å². The average molecular weight is 559 g/mol. The number of hydrogen-bond donors (Lipinski definition) is 1. The number of halogens is 3. The van der Waals surface area contributed by atoms with Crippen molar-refractivity contribution in [2.75, 3.05) is 4.90 Å². The third-order valence-electron chi connectivity index (χ3n) is 8.19. The molecular formula is C26H21Cl2FN4O5. The maximum absolute atomic E-state index is 14.2. The molecule has 9 nitrogen and oxygen atoms in total. The predicted molar refractivity (Wildman–Crippen MR) is 137 cm³/mol. The second-order valence-corrected chi connectivity index (χ2v) is 10.9. The van der Waals surface area contributed by atoms with E-state index in [1.807, 2.05) is 0 Å². The van der Waals surface area contributed by atoms with Crippen LogP contribution in [0.2, 0.25) is 10.0 Å². The Bertz CT molecular complexity index is 1720. The minimum atomic E-state index is -1.40. The van der Waals surface area contributed by atoms with Gasteiger partial charge in [-0.25, -0.2) is 32.8 Å². The average Bonchev–Trinajstić information content (AvgIpc) is 3.22. The summed E-state index contributed by atoms with van der Waals surface area (Å²) in [6.45, 7) is 1.72. The minimum Gasteiger partial charge on any atom is -0.508 e. The van der Waals surface area contributed by atoms with Crippen LogP contribution >= 0.6 is 23.2 Å². The van der Waals surface area contributed by atoms with Crippen LogP contribution in [-0.2, 0) is 23.2 Å². The molecule has 2 amide bonds. The number of nitrogens with zero attached hydrogens (tertiary/aromatic N) is 4. The zero-order valence-corrected chi connectivity index (χ0v) is 21.7. The molecule has 196 valence electrons. The molecule has 0 spiro atoms. The summed E-state index contributed by atoms with van der Waals surface area (Å²) in [5.74, 6) is -3.74. The molecule has 3 heterocycles. The highest BCUT2D eigenvalue weighted by Crippen LogP contribution is 2.62. The molecule has 2 aliphatic heterocycles. The molecule has 1 aliphatic carbocycles. The largest absolute Gasteiger partial charge is 0.508 e. The second-order valence-electron chi connectivity index (χ2n) is 10.1. The van der Waals surface area contributed by atoms with E-state index >= 15 is 0 Å². The smallest absolute Gasteiger partial charge is 0.347 e. The monoisotopic (exact) mass is 558 g/mol. The molecule has 1 saturated heterocycles. The van der Waals surface area contributed by atoms with Gasteiger partial charge in [-0.3, -0.25) is 9.59 Å². The molecule has 3 aromatic rings. The molecule has 0 radical (unpaired) electrons. The number of carbonyl (C=O) groups is 2. The van der Waals surface area contributed by atoms with Gasteiger partial charge in [-0.15, -0.1) is 0 Å². The maximum Gasteiger partial charge on any atom is 0.347 e. The number of carbonyl (C=O) groups excluding carboxylic acids is 2. The van der Waals surface area contributed by atoms with E-state index in [0.717, 1.165) is 15.5 Å². The van der Waals surface area contributed by atoms with E-state index < -0.39 is 52.3 Å². The summed E-state index contributed by atoms with van der Waals surface area (Å²) >= 11 is 12.3. The number of benzene rings is 2. The van der Waals surface area contributed by atoms with Crippen LogP contribution in [0.3, 0.4) is 0 Å². The Balaban J connectivity index is 1.60. The van der Waals surface area contributed by atoms with E-state index in [1.54, 1.807) is 13.0 Å². The molecule has 0 bridgehead atoms. The summed E-state index contributed by atoms with van der Waals surface area (Å²) in [5, 5.41) is 11.0. The van der Waals surface area contributed by atoms with Gasteiger partial charge in [0.2, 0.25) is 11.8 Å². The number of rotatable bonds is 2. The van der Waals surface area contributed by atoms with Crippen molar-refractivity contribution in [3.05, 3.63) is 90.4 Å². The number of amides is 2. The van der Waals surface area contributed by atoms with Gasteiger partial charge in [-0.05, 0) is 55.3 Å². The van der Waals surface area contributed by atoms with Crippen LogP contribution in [0.25, 0.3) is 0 Å². The number of phenolic OH excluding ortho intramolecular Hbond substituents is 1. The summed E-state index contributed by atoms with van der Waals surface area (Å²) in [5.41, 5.74) is -1.40. The van der Waals surface area contributed by atoms with Crippen molar-refractivity contribution < 1.29 is 19.1 Å². The van der Waals surface area contributed by atoms with E-state index in [1.165, 1.54) is 46.7 Å². The van der Waals surface area contributed by atoms with Crippen molar-refractivity contribution in [1.82, 2.24) is 13.9 Å². The lowest BCUT2D eigenvalue weighted by atomic mass is 9.56. The van der Waals surface area contributed by atoms with Crippen molar-refractivity contribution >= 4 is 40.7 Å². The lowest BCUT2D eigenvalue weighted by Gasteiger charge is -2.47. The molecule has 2 fully saturated rings. The van der Waals surface area contributed by atoms with Gasteiger partial charge < -0.3 is 5.11 Å². The number of phenols is 1. The number of hydrogen-bond acceptors (Lipinski definition) is 5. The molecule has 0 unspecified atom stereocenters. The van der Waals surface area contributed by atoms with Gasteiger partial charge >= 0.3 is 11.4 Å². The highest BCUT2D eigenvalue weighted by molar-refractivity contribution is 6.32. The lowest BCUT2D eigenvalue weighted by molar-refractivity contribution is -0.129. The fourth-order valence-electron chi connectivity index (χ4n) is 6.36. The first-order valence-electron chi connectivity index (χ1n) is 11.9. The topological polar surface area (TPSA) is 107 Å². The molecule has 4 atom stereocenters. The Labute approximate surface area is 224 Å². The molecule has 1 aromatic heterocycles. The molecule has 1 N–H and O–H groups in total. The normalized spacial score (nSPS) is 26.2. The highest BCUT2D eigenvalue weighted by atomic mass is 35.5. The van der Waals surface area contributed by atoms with Gasteiger partial charge in [-0.2, -0.15) is 0 Å². The molecule has 6 rings (SSSR count). The number of allylic oxidation sites excluding steroid dienone is 2. The van der Waals surface area contributed by atoms with Crippen molar-refractivity contribution in [1.29, 1.82) is 0 Å². The number of anilines is 1. The fraction of sp³-hybridized carbons (Fsp3) is 0.308. The molecule has 3 aliphatic rings. The number of fused-ring (bicyclic) bond motifs is 4. The Kier molecular flexibility index (Phi) is 5.32. The van der Waals surface area contributed by atoms with Gasteiger partial charge in [0.1, 0.15) is 11.6 Å². The van der Waals surface area contributed by atoms with E-state index in [9.17, 15) is 28.7 Å². The summed E-state index contributed by atoms with van der Waals surface area (Å²) in [6.07, 6.45) is 1.83. The fourth-order valence-corrected chi connectivity index (χ4v) is 6.71. The van der Waals surface area contributed by atoms with Crippen molar-refractivity contribution in [3.63, 3.8) is 0 Å². The van der Waals surface area contributed by atoms with Gasteiger partial charge in [0, 0.05) is 23.6 Å². The molecular weight excluding hydrogens is 538 g/mol. The van der Waals surface area contributed by atoms with E-state index in [-0.39, 0.29) is 29.4 Å². The molecule has 2 aromatic carbocycles. The lowest BCUT2D eigenvalue weighted by Crippen LogP contribution is -2.49. The zero-order valence-electron chi connectivity index (χ0n) is 20.2. The van der Waals surface area contributed by atoms with E-state index in [0.29, 0.717) is 16.2 Å². The van der Waals surface area contributed by atoms with Crippen LogP contribution in [0.1, 0.15) is 30.9 Å². The summed E-state index contributed by atoms with van der Waals surface area (Å²) in [7, 11) is 1.38. The summed E-state index contributed by atoms with van der Waals surface area (Å²) in [4.78, 5) is 54.9. The number of imide groups is 1. The quantitative estimate of drug-likeness (QED) is 0.383. The Morgan fingerprint density at radius 3 is 2.50 bits per heavy atom. The SMILES string of the molecule is Cn1c(=O)n2n(c1=O)[C@@H]1C[C@H]3C(=O)N(c4ccc(F)c(Cl)c4)C(=O)[C@@]3(C)[C@@H](c3cc(Cl)ccc3O)C1=CC2. The summed E-state index contributed by atoms with van der Waals surface area (Å²) in [6, 6.07) is 7.31. The van der Waals surface area contributed by atoms with Crippen LogP contribution in [0.5, 0.6) is 5.75 Å². The minimum absolute atomic E-state index is 0.0551.